The summed E-state index contributed by atoms with van der Waals surface area (Å²) in [5.74, 6) is 2.84. The standard InChI is InChI=1S/2C13H16O2/c2*1-6(2)11-7-3-4-8(11)13-10(15)5-9(14)12(7)13/h2*7-8,12-13H,3-5H2,1-2H3/t7-,8+,12+,13-;7-,8+,12-,13+. The van der Waals surface area contributed by atoms with E-state index in [1.807, 2.05) is 0 Å². The van der Waals surface area contributed by atoms with Crippen LogP contribution < -0.4 is 0 Å². The lowest BCUT2D eigenvalue weighted by Crippen LogP contribution is -2.24. The molecule has 0 heterocycles. The second kappa shape index (κ2) is 6.83. The zero-order chi connectivity index (χ0) is 21.5. The van der Waals surface area contributed by atoms with Crippen molar-refractivity contribution < 1.29 is 19.2 Å². The maximum Gasteiger partial charge on any atom is 0.144 e. The zero-order valence-corrected chi connectivity index (χ0v) is 18.5. The summed E-state index contributed by atoms with van der Waals surface area (Å²) in [5.41, 5.74) is 5.59. The average Bonchev–Trinajstić information content (AvgIpc) is 3.47. The maximum absolute atomic E-state index is 11.8. The Morgan fingerprint density at radius 1 is 0.500 bits per heavy atom. The van der Waals surface area contributed by atoms with Crippen molar-refractivity contribution in [1.82, 2.24) is 0 Å². The molecule has 0 unspecified atom stereocenters. The Hall–Kier alpha value is -1.84. The van der Waals surface area contributed by atoms with Crippen LogP contribution in [-0.4, -0.2) is 23.1 Å². The van der Waals surface area contributed by atoms with Crippen LogP contribution in [0, 0.1) is 47.3 Å². The van der Waals surface area contributed by atoms with E-state index < -0.39 is 0 Å². The van der Waals surface area contributed by atoms with Gasteiger partial charge in [-0.2, -0.15) is 0 Å². The molecule has 0 saturated heterocycles. The van der Waals surface area contributed by atoms with Gasteiger partial charge in [-0.3, -0.25) is 19.2 Å². The first-order valence-corrected chi connectivity index (χ1v) is 11.7. The van der Waals surface area contributed by atoms with Crippen molar-refractivity contribution in [3.05, 3.63) is 22.3 Å². The monoisotopic (exact) mass is 408 g/mol. The first kappa shape index (κ1) is 20.1. The van der Waals surface area contributed by atoms with Crippen molar-refractivity contribution in [1.29, 1.82) is 0 Å². The molecule has 0 amide bonds. The van der Waals surface area contributed by atoms with Gasteiger partial charge < -0.3 is 0 Å². The molecular formula is C26H32O4. The lowest BCUT2D eigenvalue weighted by molar-refractivity contribution is -0.125. The molecule has 6 aliphatic rings. The van der Waals surface area contributed by atoms with E-state index in [9.17, 15) is 19.2 Å². The Morgan fingerprint density at radius 3 is 0.933 bits per heavy atom. The van der Waals surface area contributed by atoms with Gasteiger partial charge in [0.15, 0.2) is 0 Å². The van der Waals surface area contributed by atoms with Gasteiger partial charge in [-0.1, -0.05) is 22.3 Å². The minimum absolute atomic E-state index is 0.0705. The van der Waals surface area contributed by atoms with Crippen molar-refractivity contribution in [3.8, 4) is 0 Å². The highest BCUT2D eigenvalue weighted by molar-refractivity contribution is 6.10. The molecule has 0 aromatic carbocycles. The zero-order valence-electron chi connectivity index (χ0n) is 18.5. The quantitative estimate of drug-likeness (QED) is 0.443. The van der Waals surface area contributed by atoms with Crippen LogP contribution in [0.15, 0.2) is 22.3 Å². The first-order chi connectivity index (χ1) is 14.2. The first-order valence-electron chi connectivity index (χ1n) is 11.7. The maximum atomic E-state index is 11.8. The molecule has 0 spiro atoms. The van der Waals surface area contributed by atoms with Crippen LogP contribution in [0.5, 0.6) is 0 Å². The molecule has 6 fully saturated rings. The van der Waals surface area contributed by atoms with Crippen LogP contribution in [-0.2, 0) is 19.2 Å². The molecule has 0 aromatic heterocycles. The summed E-state index contributed by atoms with van der Waals surface area (Å²) in [4.78, 5) is 47.1. The van der Waals surface area contributed by atoms with Crippen molar-refractivity contribution >= 4 is 23.1 Å². The number of carbonyl (C=O) groups excluding carboxylic acids is 4. The lowest BCUT2D eigenvalue weighted by Gasteiger charge is -2.20. The summed E-state index contributed by atoms with van der Waals surface area (Å²) in [6.07, 6.45) is 4.96. The fourth-order valence-electron chi connectivity index (χ4n) is 8.38. The SMILES string of the molecule is CC(C)=C1[C@H]2CC[C@@H]1[C@@H]1C(=O)CC(=O)[C@@H]12.CC(C)=C1[C@H]2CC[C@@H]1[C@H]1C(=O)CC(=O)[C@H]12. The number of rotatable bonds is 0. The smallest absolute Gasteiger partial charge is 0.144 e. The molecule has 0 N–H and O–H groups in total. The van der Waals surface area contributed by atoms with Gasteiger partial charge in [-0.15, -0.1) is 0 Å². The molecule has 4 heteroatoms. The second-order valence-electron chi connectivity index (χ2n) is 10.8. The molecule has 0 radical (unpaired) electrons. The van der Waals surface area contributed by atoms with E-state index in [-0.39, 0.29) is 59.6 Å². The molecule has 4 nitrogen and oxygen atoms in total. The summed E-state index contributed by atoms with van der Waals surface area (Å²) < 4.78 is 0. The molecular weight excluding hydrogens is 376 g/mol. The predicted octanol–water partition coefficient (Wildman–Crippen LogP) is 4.27. The van der Waals surface area contributed by atoms with Crippen molar-refractivity contribution in [3.63, 3.8) is 0 Å². The number of Topliss-reactive ketones (excluding diaryl/α,β-unsaturated/α-hetero) is 4. The van der Waals surface area contributed by atoms with Gasteiger partial charge >= 0.3 is 0 Å². The molecule has 6 rings (SSSR count). The van der Waals surface area contributed by atoms with Gasteiger partial charge in [-0.05, 0) is 77.0 Å². The number of ketones is 4. The highest BCUT2D eigenvalue weighted by atomic mass is 16.2. The van der Waals surface area contributed by atoms with Crippen LogP contribution in [0.3, 0.4) is 0 Å². The van der Waals surface area contributed by atoms with E-state index in [0.29, 0.717) is 23.7 Å². The summed E-state index contributed by atoms with van der Waals surface area (Å²) in [6, 6.07) is 0. The third-order valence-corrected chi connectivity index (χ3v) is 9.02. The van der Waals surface area contributed by atoms with Gasteiger partial charge in [0.25, 0.3) is 0 Å². The largest absolute Gasteiger partial charge is 0.299 e. The lowest BCUT2D eigenvalue weighted by atomic mass is 9.81. The summed E-state index contributed by atoms with van der Waals surface area (Å²) in [7, 11) is 0. The van der Waals surface area contributed by atoms with Gasteiger partial charge in [0, 0.05) is 23.7 Å². The van der Waals surface area contributed by atoms with E-state index in [0.717, 1.165) is 25.7 Å². The molecule has 0 aromatic rings. The topological polar surface area (TPSA) is 68.3 Å². The van der Waals surface area contributed by atoms with Crippen LogP contribution in [0.4, 0.5) is 0 Å². The summed E-state index contributed by atoms with van der Waals surface area (Å²) >= 11 is 0. The summed E-state index contributed by atoms with van der Waals surface area (Å²) in [5, 5.41) is 0. The fourth-order valence-corrected chi connectivity index (χ4v) is 8.38. The Balaban J connectivity index is 0.000000128. The molecule has 8 atom stereocenters. The molecule has 6 aliphatic carbocycles. The molecule has 30 heavy (non-hydrogen) atoms. The van der Waals surface area contributed by atoms with Crippen molar-refractivity contribution in [2.45, 2.75) is 66.2 Å². The minimum atomic E-state index is 0.0705. The number of hydrogen-bond acceptors (Lipinski definition) is 4. The minimum Gasteiger partial charge on any atom is -0.299 e. The Kier molecular flexibility index (Phi) is 4.57. The normalized spacial score (nSPS) is 42.7. The van der Waals surface area contributed by atoms with Crippen molar-refractivity contribution in [2.75, 3.05) is 0 Å². The van der Waals surface area contributed by atoms with Crippen LogP contribution in [0.25, 0.3) is 0 Å². The van der Waals surface area contributed by atoms with E-state index in [2.05, 4.69) is 27.7 Å². The van der Waals surface area contributed by atoms with Crippen LogP contribution in [0.1, 0.15) is 66.2 Å². The molecule has 6 saturated carbocycles. The number of fused-ring (bicyclic) bond motifs is 10. The Bertz CT molecular complexity index is 791. The Labute approximate surface area is 178 Å². The van der Waals surface area contributed by atoms with Gasteiger partial charge in [0.1, 0.15) is 23.1 Å². The van der Waals surface area contributed by atoms with E-state index >= 15 is 0 Å². The molecule has 160 valence electrons. The van der Waals surface area contributed by atoms with E-state index in [1.54, 1.807) is 0 Å². The van der Waals surface area contributed by atoms with Crippen molar-refractivity contribution in [2.24, 2.45) is 47.3 Å². The van der Waals surface area contributed by atoms with E-state index in [1.165, 1.54) is 22.3 Å². The predicted molar refractivity (Wildman–Crippen MR) is 112 cm³/mol. The van der Waals surface area contributed by atoms with E-state index in [4.69, 9.17) is 0 Å². The van der Waals surface area contributed by atoms with Crippen LogP contribution >= 0.6 is 0 Å². The third kappa shape index (κ3) is 2.58. The number of allylic oxidation sites excluding steroid dienone is 4. The third-order valence-electron chi connectivity index (χ3n) is 9.02. The fraction of sp³-hybridized carbons (Fsp3) is 0.692. The molecule has 0 aliphatic heterocycles. The van der Waals surface area contributed by atoms with Crippen LogP contribution in [0.2, 0.25) is 0 Å². The Morgan fingerprint density at radius 2 is 0.733 bits per heavy atom. The molecule has 4 bridgehead atoms. The second-order valence-corrected chi connectivity index (χ2v) is 10.8. The average molecular weight is 409 g/mol. The highest BCUT2D eigenvalue weighted by Crippen LogP contribution is 2.61. The summed E-state index contributed by atoms with van der Waals surface area (Å²) in [6.45, 7) is 8.49. The number of hydrogen-bond donors (Lipinski definition) is 0. The highest BCUT2D eigenvalue weighted by Gasteiger charge is 2.61. The van der Waals surface area contributed by atoms with Gasteiger partial charge in [-0.25, -0.2) is 0 Å². The number of carbonyl (C=O) groups is 4. The van der Waals surface area contributed by atoms with Gasteiger partial charge in [0.05, 0.1) is 12.8 Å². The van der Waals surface area contributed by atoms with Gasteiger partial charge in [0.2, 0.25) is 0 Å².